The van der Waals surface area contributed by atoms with Crippen LogP contribution in [0, 0.1) is 12.8 Å². The first-order chi connectivity index (χ1) is 10.5. The molecule has 1 heterocycles. The predicted molar refractivity (Wildman–Crippen MR) is 92.8 cm³/mol. The molecule has 4 heteroatoms. The van der Waals surface area contributed by atoms with Crippen molar-refractivity contribution >= 4 is 17.3 Å². The van der Waals surface area contributed by atoms with E-state index < -0.39 is 0 Å². The SMILES string of the molecule is COC(=O)c1csc(CCC[C@H]2CC[C@H](N(C)C)CC2)c1C. The van der Waals surface area contributed by atoms with E-state index in [0.717, 1.165) is 29.5 Å². The number of thiophene rings is 1. The van der Waals surface area contributed by atoms with Gasteiger partial charge in [-0.1, -0.05) is 6.42 Å². The van der Waals surface area contributed by atoms with Crippen LogP contribution >= 0.6 is 11.3 Å². The smallest absolute Gasteiger partial charge is 0.338 e. The molecule has 2 rings (SSSR count). The first-order valence-corrected chi connectivity index (χ1v) is 9.22. The van der Waals surface area contributed by atoms with Crippen LogP contribution in [0.15, 0.2) is 5.38 Å². The fraction of sp³-hybridized carbons (Fsp3) is 0.722. The second-order valence-electron chi connectivity index (χ2n) is 6.72. The van der Waals surface area contributed by atoms with Crippen molar-refractivity contribution in [3.63, 3.8) is 0 Å². The van der Waals surface area contributed by atoms with Gasteiger partial charge in [0.2, 0.25) is 0 Å². The second-order valence-corrected chi connectivity index (χ2v) is 7.68. The molecule has 0 saturated heterocycles. The summed E-state index contributed by atoms with van der Waals surface area (Å²) < 4.78 is 4.82. The van der Waals surface area contributed by atoms with Crippen molar-refractivity contribution in [3.05, 3.63) is 21.4 Å². The minimum Gasteiger partial charge on any atom is -0.465 e. The maximum Gasteiger partial charge on any atom is 0.338 e. The lowest BCUT2D eigenvalue weighted by Gasteiger charge is -2.32. The minimum atomic E-state index is -0.206. The summed E-state index contributed by atoms with van der Waals surface area (Å²) in [6.07, 6.45) is 9.11. The molecule has 1 aromatic rings. The standard InChI is InChI=1S/C18H29NO2S/c1-13-16(18(20)21-4)12-22-17(13)7-5-6-14-8-10-15(11-9-14)19(2)3/h12,14-15H,5-11H2,1-4H3/t14-,15-. The van der Waals surface area contributed by atoms with E-state index >= 15 is 0 Å². The van der Waals surface area contributed by atoms with Crippen LogP contribution in [0.4, 0.5) is 0 Å². The molecule has 0 atom stereocenters. The zero-order valence-electron chi connectivity index (χ0n) is 14.4. The number of carbonyl (C=O) groups is 1. The van der Waals surface area contributed by atoms with Gasteiger partial charge in [0.1, 0.15) is 0 Å². The molecule has 1 aliphatic carbocycles. The van der Waals surface area contributed by atoms with Gasteiger partial charge in [-0.3, -0.25) is 0 Å². The molecular weight excluding hydrogens is 294 g/mol. The number of ether oxygens (including phenoxy) is 1. The van der Waals surface area contributed by atoms with Crippen LogP contribution in [-0.4, -0.2) is 38.1 Å². The van der Waals surface area contributed by atoms with Crippen molar-refractivity contribution in [2.45, 2.75) is 57.9 Å². The largest absolute Gasteiger partial charge is 0.465 e. The van der Waals surface area contributed by atoms with Gasteiger partial charge >= 0.3 is 5.97 Å². The summed E-state index contributed by atoms with van der Waals surface area (Å²) in [5.74, 6) is 0.693. The number of rotatable bonds is 6. The zero-order chi connectivity index (χ0) is 16.1. The first-order valence-electron chi connectivity index (χ1n) is 8.34. The second kappa shape index (κ2) is 8.11. The topological polar surface area (TPSA) is 29.5 Å². The van der Waals surface area contributed by atoms with Crippen molar-refractivity contribution in [1.29, 1.82) is 0 Å². The Bertz CT molecular complexity index is 487. The summed E-state index contributed by atoms with van der Waals surface area (Å²) in [5.41, 5.74) is 1.86. The normalized spacial score (nSPS) is 22.0. The van der Waals surface area contributed by atoms with Gasteiger partial charge in [-0.05, 0) is 71.0 Å². The van der Waals surface area contributed by atoms with Gasteiger partial charge in [-0.2, -0.15) is 0 Å². The summed E-state index contributed by atoms with van der Waals surface area (Å²) >= 11 is 1.70. The molecule has 1 aliphatic rings. The van der Waals surface area contributed by atoms with Crippen molar-refractivity contribution < 1.29 is 9.53 Å². The molecule has 0 bridgehead atoms. The third kappa shape index (κ3) is 4.32. The van der Waals surface area contributed by atoms with Crippen molar-refractivity contribution in [2.75, 3.05) is 21.2 Å². The van der Waals surface area contributed by atoms with Crippen molar-refractivity contribution in [3.8, 4) is 0 Å². The summed E-state index contributed by atoms with van der Waals surface area (Å²) in [6, 6.07) is 0.790. The van der Waals surface area contributed by atoms with Gasteiger partial charge in [0.15, 0.2) is 0 Å². The van der Waals surface area contributed by atoms with Crippen LogP contribution in [0.2, 0.25) is 0 Å². The van der Waals surface area contributed by atoms with Gasteiger partial charge in [0, 0.05) is 16.3 Å². The number of esters is 1. The van der Waals surface area contributed by atoms with Crippen LogP contribution in [0.5, 0.6) is 0 Å². The molecule has 0 amide bonds. The van der Waals surface area contributed by atoms with Gasteiger partial charge in [0.25, 0.3) is 0 Å². The number of hydrogen-bond acceptors (Lipinski definition) is 4. The highest BCUT2D eigenvalue weighted by Crippen LogP contribution is 2.31. The highest BCUT2D eigenvalue weighted by atomic mass is 32.1. The van der Waals surface area contributed by atoms with E-state index in [4.69, 9.17) is 4.74 Å². The number of carbonyl (C=O) groups excluding carboxylic acids is 1. The molecule has 1 aromatic heterocycles. The third-order valence-electron chi connectivity index (χ3n) is 5.11. The Balaban J connectivity index is 1.76. The fourth-order valence-corrected chi connectivity index (χ4v) is 4.60. The molecule has 124 valence electrons. The molecule has 0 aromatic carbocycles. The monoisotopic (exact) mass is 323 g/mol. The molecule has 3 nitrogen and oxygen atoms in total. The van der Waals surface area contributed by atoms with Crippen LogP contribution in [0.1, 0.15) is 59.3 Å². The lowest BCUT2D eigenvalue weighted by molar-refractivity contribution is 0.0600. The average molecular weight is 324 g/mol. The molecule has 1 fully saturated rings. The van der Waals surface area contributed by atoms with E-state index in [1.54, 1.807) is 11.3 Å². The van der Waals surface area contributed by atoms with E-state index in [9.17, 15) is 4.79 Å². The maximum absolute atomic E-state index is 11.6. The van der Waals surface area contributed by atoms with Gasteiger partial charge in [-0.25, -0.2) is 4.79 Å². The summed E-state index contributed by atoms with van der Waals surface area (Å²) in [4.78, 5) is 15.4. The molecule has 1 saturated carbocycles. The predicted octanol–water partition coefficient (Wildman–Crippen LogP) is 4.29. The molecule has 22 heavy (non-hydrogen) atoms. The van der Waals surface area contributed by atoms with Gasteiger partial charge < -0.3 is 9.64 Å². The lowest BCUT2D eigenvalue weighted by atomic mass is 9.82. The maximum atomic E-state index is 11.6. The van der Waals surface area contributed by atoms with E-state index in [-0.39, 0.29) is 5.97 Å². The Morgan fingerprint density at radius 2 is 2.00 bits per heavy atom. The van der Waals surface area contributed by atoms with Crippen LogP contribution < -0.4 is 0 Å². The summed E-state index contributed by atoms with van der Waals surface area (Å²) in [6.45, 7) is 2.04. The summed E-state index contributed by atoms with van der Waals surface area (Å²) in [7, 11) is 5.84. The third-order valence-corrected chi connectivity index (χ3v) is 6.26. The zero-order valence-corrected chi connectivity index (χ0v) is 15.2. The number of methoxy groups -OCH3 is 1. The molecule has 0 unspecified atom stereocenters. The van der Waals surface area contributed by atoms with Crippen LogP contribution in [0.3, 0.4) is 0 Å². The lowest BCUT2D eigenvalue weighted by Crippen LogP contribution is -2.32. The van der Waals surface area contributed by atoms with E-state index in [2.05, 4.69) is 19.0 Å². The van der Waals surface area contributed by atoms with Crippen molar-refractivity contribution in [2.24, 2.45) is 5.92 Å². The van der Waals surface area contributed by atoms with E-state index in [0.29, 0.717) is 0 Å². The summed E-state index contributed by atoms with van der Waals surface area (Å²) in [5, 5.41) is 1.94. The van der Waals surface area contributed by atoms with E-state index in [1.165, 1.54) is 50.5 Å². The van der Waals surface area contributed by atoms with Crippen molar-refractivity contribution in [1.82, 2.24) is 4.90 Å². The highest BCUT2D eigenvalue weighted by Gasteiger charge is 2.22. The molecule has 0 aliphatic heterocycles. The molecule has 0 radical (unpaired) electrons. The first kappa shape index (κ1) is 17.5. The number of hydrogen-bond donors (Lipinski definition) is 0. The van der Waals surface area contributed by atoms with Crippen LogP contribution in [0.25, 0.3) is 0 Å². The quantitative estimate of drug-likeness (QED) is 0.732. The van der Waals surface area contributed by atoms with Crippen LogP contribution in [-0.2, 0) is 11.2 Å². The van der Waals surface area contributed by atoms with E-state index in [1.807, 2.05) is 12.3 Å². The Kier molecular flexibility index (Phi) is 6.45. The van der Waals surface area contributed by atoms with Gasteiger partial charge in [-0.15, -0.1) is 11.3 Å². The Morgan fingerprint density at radius 1 is 1.32 bits per heavy atom. The average Bonchev–Trinajstić information content (AvgIpc) is 2.88. The highest BCUT2D eigenvalue weighted by molar-refractivity contribution is 7.10. The fourth-order valence-electron chi connectivity index (χ4n) is 3.52. The Morgan fingerprint density at radius 3 is 2.59 bits per heavy atom. The Labute approximate surface area is 138 Å². The van der Waals surface area contributed by atoms with Gasteiger partial charge in [0.05, 0.1) is 12.7 Å². The minimum absolute atomic E-state index is 0.206. The molecule has 0 spiro atoms. The number of nitrogens with zero attached hydrogens (tertiary/aromatic N) is 1. The Hall–Kier alpha value is -0.870. The molecule has 0 N–H and O–H groups in total. The number of aryl methyl sites for hydroxylation is 1. The molecular formula is C18H29NO2S.